The number of aryl methyl sites for hydroxylation is 1. The van der Waals surface area contributed by atoms with Crippen molar-refractivity contribution in [3.63, 3.8) is 0 Å². The molecule has 1 saturated carbocycles. The number of rotatable bonds is 1. The summed E-state index contributed by atoms with van der Waals surface area (Å²) in [5, 5.41) is 0.985. The number of aromatic nitrogens is 3. The first kappa shape index (κ1) is 10.4. The zero-order valence-corrected chi connectivity index (χ0v) is 9.89. The zero-order chi connectivity index (χ0) is 11.8. The molecule has 0 radical (unpaired) electrons. The second-order valence-corrected chi connectivity index (χ2v) is 4.68. The Morgan fingerprint density at radius 2 is 2.00 bits per heavy atom. The minimum atomic E-state index is 0.0579. The molecule has 0 spiro atoms. The maximum Gasteiger partial charge on any atom is 0.252 e. The molecule has 2 aromatic heterocycles. The quantitative estimate of drug-likeness (QED) is 0.753. The normalized spacial score (nSPS) is 16.8. The maximum absolute atomic E-state index is 12.0. The lowest BCUT2D eigenvalue weighted by atomic mass is 10.2. The van der Waals surface area contributed by atoms with Gasteiger partial charge in [0.15, 0.2) is 0 Å². The molecule has 4 heteroatoms. The van der Waals surface area contributed by atoms with E-state index in [0.29, 0.717) is 6.04 Å². The molecule has 3 rings (SSSR count). The molecule has 0 amide bonds. The van der Waals surface area contributed by atoms with Crippen LogP contribution in [-0.2, 0) is 0 Å². The number of fused-ring (bicyclic) bond motifs is 1. The third-order valence-electron chi connectivity index (χ3n) is 3.61. The minimum absolute atomic E-state index is 0.0579. The fraction of sp³-hybridized carbons (Fsp3) is 0.462. The van der Waals surface area contributed by atoms with Crippen LogP contribution in [0.3, 0.4) is 0 Å². The van der Waals surface area contributed by atoms with Crippen LogP contribution >= 0.6 is 0 Å². The Kier molecular flexibility index (Phi) is 2.42. The lowest BCUT2D eigenvalue weighted by Gasteiger charge is -2.15. The molecule has 0 N–H and O–H groups in total. The summed E-state index contributed by atoms with van der Waals surface area (Å²) in [7, 11) is 0. The molecular formula is C13H15N3O. The van der Waals surface area contributed by atoms with Gasteiger partial charge in [-0.15, -0.1) is 0 Å². The molecule has 0 aliphatic heterocycles. The maximum atomic E-state index is 12.0. The average molecular weight is 229 g/mol. The first-order valence-electron chi connectivity index (χ1n) is 6.10. The molecule has 1 aliphatic carbocycles. The Balaban J connectivity index is 2.31. The highest BCUT2D eigenvalue weighted by atomic mass is 16.1. The first-order chi connectivity index (χ1) is 8.27. The molecule has 4 nitrogen and oxygen atoms in total. The second-order valence-electron chi connectivity index (χ2n) is 4.68. The van der Waals surface area contributed by atoms with E-state index in [-0.39, 0.29) is 5.56 Å². The lowest BCUT2D eigenvalue weighted by Crippen LogP contribution is -2.23. The first-order valence-corrected chi connectivity index (χ1v) is 6.10. The minimum Gasteiger partial charge on any atom is -0.289 e. The fourth-order valence-corrected chi connectivity index (χ4v) is 2.71. The molecule has 2 heterocycles. The van der Waals surface area contributed by atoms with E-state index in [4.69, 9.17) is 0 Å². The highest BCUT2D eigenvalue weighted by molar-refractivity contribution is 5.77. The van der Waals surface area contributed by atoms with Crippen molar-refractivity contribution >= 4 is 11.0 Å². The Hall–Kier alpha value is -1.71. The van der Waals surface area contributed by atoms with Gasteiger partial charge in [0.2, 0.25) is 0 Å². The van der Waals surface area contributed by atoms with Crippen LogP contribution in [-0.4, -0.2) is 14.5 Å². The van der Waals surface area contributed by atoms with E-state index < -0.39 is 0 Å². The average Bonchev–Trinajstić information content (AvgIpc) is 2.82. The van der Waals surface area contributed by atoms with Gasteiger partial charge in [0.25, 0.3) is 5.56 Å². The highest BCUT2D eigenvalue weighted by Gasteiger charge is 2.20. The van der Waals surface area contributed by atoms with Gasteiger partial charge in [-0.1, -0.05) is 12.8 Å². The van der Waals surface area contributed by atoms with E-state index >= 15 is 0 Å². The van der Waals surface area contributed by atoms with E-state index in [1.54, 1.807) is 12.4 Å². The van der Waals surface area contributed by atoms with Crippen molar-refractivity contribution in [2.24, 2.45) is 0 Å². The Labute approximate surface area is 99.3 Å². The molecule has 2 aromatic rings. The van der Waals surface area contributed by atoms with Gasteiger partial charge < -0.3 is 0 Å². The molecule has 88 valence electrons. The number of hydrogen-bond acceptors (Lipinski definition) is 3. The van der Waals surface area contributed by atoms with Gasteiger partial charge in [-0.25, -0.2) is 9.97 Å². The largest absolute Gasteiger partial charge is 0.289 e. The molecule has 0 aromatic carbocycles. The highest BCUT2D eigenvalue weighted by Crippen LogP contribution is 2.30. The Bertz CT molecular complexity index is 612. The van der Waals surface area contributed by atoms with Gasteiger partial charge in [-0.3, -0.25) is 9.36 Å². The van der Waals surface area contributed by atoms with Crippen LogP contribution in [0.15, 0.2) is 23.3 Å². The number of nitrogens with zero attached hydrogens (tertiary/aromatic N) is 3. The Morgan fingerprint density at radius 1 is 1.24 bits per heavy atom. The van der Waals surface area contributed by atoms with Crippen LogP contribution in [0.4, 0.5) is 0 Å². The molecule has 1 fully saturated rings. The van der Waals surface area contributed by atoms with Crippen molar-refractivity contribution in [3.05, 3.63) is 34.5 Å². The summed E-state index contributed by atoms with van der Waals surface area (Å²) in [4.78, 5) is 20.5. The summed E-state index contributed by atoms with van der Waals surface area (Å²) < 4.78 is 1.86. The number of hydrogen-bond donors (Lipinski definition) is 0. The Morgan fingerprint density at radius 3 is 2.76 bits per heavy atom. The van der Waals surface area contributed by atoms with Gasteiger partial charge in [-0.2, -0.15) is 0 Å². The predicted molar refractivity (Wildman–Crippen MR) is 66.0 cm³/mol. The van der Waals surface area contributed by atoms with E-state index in [2.05, 4.69) is 9.97 Å². The van der Waals surface area contributed by atoms with Crippen molar-refractivity contribution < 1.29 is 0 Å². The topological polar surface area (TPSA) is 47.8 Å². The summed E-state index contributed by atoms with van der Waals surface area (Å²) >= 11 is 0. The summed E-state index contributed by atoms with van der Waals surface area (Å²) in [6.07, 6.45) is 6.13. The van der Waals surface area contributed by atoms with Crippen molar-refractivity contribution in [1.82, 2.24) is 14.5 Å². The predicted octanol–water partition coefficient (Wildman–Crippen LogP) is 2.22. The molecule has 0 atom stereocenters. The lowest BCUT2D eigenvalue weighted by molar-refractivity contribution is 0.515. The monoisotopic (exact) mass is 229 g/mol. The summed E-state index contributed by atoms with van der Waals surface area (Å²) in [6, 6.07) is 3.79. The third kappa shape index (κ3) is 1.64. The van der Waals surface area contributed by atoms with Crippen molar-refractivity contribution in [2.75, 3.05) is 0 Å². The molecule has 0 saturated heterocycles. The fourth-order valence-electron chi connectivity index (χ4n) is 2.71. The van der Waals surface area contributed by atoms with E-state index in [1.165, 1.54) is 12.8 Å². The van der Waals surface area contributed by atoms with Gasteiger partial charge in [0, 0.05) is 17.5 Å². The second kappa shape index (κ2) is 3.95. The van der Waals surface area contributed by atoms with Crippen molar-refractivity contribution in [3.8, 4) is 0 Å². The van der Waals surface area contributed by atoms with E-state index in [9.17, 15) is 4.79 Å². The molecular weight excluding hydrogens is 214 g/mol. The van der Waals surface area contributed by atoms with Crippen LogP contribution in [0.5, 0.6) is 0 Å². The van der Waals surface area contributed by atoms with Crippen LogP contribution in [0.25, 0.3) is 11.0 Å². The van der Waals surface area contributed by atoms with Gasteiger partial charge in [-0.05, 0) is 25.8 Å². The zero-order valence-electron chi connectivity index (χ0n) is 9.89. The van der Waals surface area contributed by atoms with Crippen molar-refractivity contribution in [1.29, 1.82) is 0 Å². The van der Waals surface area contributed by atoms with E-state index in [0.717, 1.165) is 29.6 Å². The number of pyridine rings is 1. The van der Waals surface area contributed by atoms with Gasteiger partial charge >= 0.3 is 0 Å². The van der Waals surface area contributed by atoms with Crippen LogP contribution in [0, 0.1) is 6.92 Å². The van der Waals surface area contributed by atoms with Crippen LogP contribution in [0.1, 0.15) is 37.4 Å². The molecule has 0 bridgehead atoms. The van der Waals surface area contributed by atoms with Gasteiger partial charge in [0.1, 0.15) is 12.0 Å². The summed E-state index contributed by atoms with van der Waals surface area (Å²) in [5.41, 5.74) is 1.78. The molecule has 1 aliphatic rings. The van der Waals surface area contributed by atoms with Gasteiger partial charge in [0.05, 0.1) is 5.69 Å². The van der Waals surface area contributed by atoms with E-state index in [1.807, 2.05) is 17.6 Å². The molecule has 17 heavy (non-hydrogen) atoms. The third-order valence-corrected chi connectivity index (χ3v) is 3.61. The van der Waals surface area contributed by atoms with Crippen LogP contribution < -0.4 is 5.56 Å². The SMILES string of the molecule is Cc1ncnc2c1ccc(=O)n2C1CCCC1. The molecule has 0 unspecified atom stereocenters. The standard InChI is InChI=1S/C13H15N3O/c1-9-11-6-7-12(17)16(10-4-2-3-5-10)13(11)15-8-14-9/h6-8,10H,2-5H2,1H3. The van der Waals surface area contributed by atoms with Crippen LogP contribution in [0.2, 0.25) is 0 Å². The summed E-state index contributed by atoms with van der Waals surface area (Å²) in [5.74, 6) is 0. The summed E-state index contributed by atoms with van der Waals surface area (Å²) in [6.45, 7) is 1.95. The smallest absolute Gasteiger partial charge is 0.252 e. The van der Waals surface area contributed by atoms with Crippen molar-refractivity contribution in [2.45, 2.75) is 38.6 Å².